The standard InChI is InChI=1S/C16H11N2/c1-2-8-16(14-6-4-10-18-12-14)15(7-1)13-5-3-9-17-11-13/h1,3-12H. The fourth-order valence-electron chi connectivity index (χ4n) is 1.97. The van der Waals surface area contributed by atoms with E-state index in [4.69, 9.17) is 0 Å². The normalized spacial score (nSPS) is 10.2. The van der Waals surface area contributed by atoms with Crippen LogP contribution in [0.1, 0.15) is 0 Å². The van der Waals surface area contributed by atoms with Gasteiger partial charge in [0, 0.05) is 35.9 Å². The highest BCUT2D eigenvalue weighted by Gasteiger charge is 2.06. The van der Waals surface area contributed by atoms with Crippen molar-refractivity contribution >= 4 is 0 Å². The van der Waals surface area contributed by atoms with Gasteiger partial charge >= 0.3 is 0 Å². The molecule has 2 nitrogen and oxygen atoms in total. The van der Waals surface area contributed by atoms with Crippen molar-refractivity contribution in [3.05, 3.63) is 73.3 Å². The second-order valence-electron chi connectivity index (χ2n) is 3.96. The van der Waals surface area contributed by atoms with Crippen molar-refractivity contribution in [2.75, 3.05) is 0 Å². The Kier molecular flexibility index (Phi) is 2.84. The SMILES string of the molecule is [c]1ccc(-c2cccnc2)c(-c2cccnc2)c1. The highest BCUT2D eigenvalue weighted by molar-refractivity contribution is 5.82. The monoisotopic (exact) mass is 231 g/mol. The summed E-state index contributed by atoms with van der Waals surface area (Å²) in [5.41, 5.74) is 4.46. The lowest BCUT2D eigenvalue weighted by Gasteiger charge is -2.08. The van der Waals surface area contributed by atoms with Crippen LogP contribution < -0.4 is 0 Å². The molecule has 3 rings (SSSR count). The van der Waals surface area contributed by atoms with Crippen molar-refractivity contribution in [3.63, 3.8) is 0 Å². The van der Waals surface area contributed by atoms with E-state index in [1.54, 1.807) is 12.4 Å². The van der Waals surface area contributed by atoms with Gasteiger partial charge in [0.2, 0.25) is 0 Å². The van der Waals surface area contributed by atoms with Crippen LogP contribution in [-0.2, 0) is 0 Å². The first-order valence-corrected chi connectivity index (χ1v) is 5.76. The Labute approximate surface area is 106 Å². The molecule has 2 aromatic heterocycles. The minimum Gasteiger partial charge on any atom is -0.264 e. The van der Waals surface area contributed by atoms with Gasteiger partial charge in [-0.25, -0.2) is 0 Å². The lowest BCUT2D eigenvalue weighted by atomic mass is 9.97. The molecule has 1 aromatic carbocycles. The van der Waals surface area contributed by atoms with Crippen LogP contribution in [0, 0.1) is 6.07 Å². The van der Waals surface area contributed by atoms with Crippen molar-refractivity contribution in [2.45, 2.75) is 0 Å². The second kappa shape index (κ2) is 4.80. The van der Waals surface area contributed by atoms with E-state index in [1.165, 1.54) is 0 Å². The molecule has 0 fully saturated rings. The van der Waals surface area contributed by atoms with Crippen LogP contribution in [0.2, 0.25) is 0 Å². The van der Waals surface area contributed by atoms with Gasteiger partial charge < -0.3 is 0 Å². The van der Waals surface area contributed by atoms with Crippen molar-refractivity contribution in [1.29, 1.82) is 0 Å². The van der Waals surface area contributed by atoms with E-state index < -0.39 is 0 Å². The largest absolute Gasteiger partial charge is 0.264 e. The first-order valence-electron chi connectivity index (χ1n) is 5.76. The van der Waals surface area contributed by atoms with Gasteiger partial charge in [-0.05, 0) is 35.4 Å². The molecule has 85 valence electrons. The molecule has 0 aliphatic carbocycles. The van der Waals surface area contributed by atoms with Crippen LogP contribution in [0.25, 0.3) is 22.3 Å². The molecular formula is C16H11N2. The summed E-state index contributed by atoms with van der Waals surface area (Å²) in [4.78, 5) is 8.34. The van der Waals surface area contributed by atoms with E-state index in [1.807, 2.05) is 36.7 Å². The first-order chi connectivity index (χ1) is 8.95. The summed E-state index contributed by atoms with van der Waals surface area (Å²) in [6.45, 7) is 0. The molecule has 0 bridgehead atoms. The van der Waals surface area contributed by atoms with Gasteiger partial charge in [-0.1, -0.05) is 24.3 Å². The molecule has 18 heavy (non-hydrogen) atoms. The van der Waals surface area contributed by atoms with Gasteiger partial charge in [0.1, 0.15) is 0 Å². The molecule has 0 saturated carbocycles. The molecule has 0 aliphatic heterocycles. The number of pyridine rings is 2. The fourth-order valence-corrected chi connectivity index (χ4v) is 1.97. The van der Waals surface area contributed by atoms with Crippen LogP contribution in [-0.4, -0.2) is 9.97 Å². The number of benzene rings is 1. The molecular weight excluding hydrogens is 220 g/mol. The molecule has 0 spiro atoms. The van der Waals surface area contributed by atoms with E-state index in [-0.39, 0.29) is 0 Å². The predicted molar refractivity (Wildman–Crippen MR) is 71.7 cm³/mol. The number of rotatable bonds is 2. The minimum absolute atomic E-state index is 1.09. The van der Waals surface area contributed by atoms with Crippen molar-refractivity contribution in [1.82, 2.24) is 9.97 Å². The summed E-state index contributed by atoms with van der Waals surface area (Å²) in [5.74, 6) is 0. The number of hydrogen-bond acceptors (Lipinski definition) is 2. The summed E-state index contributed by atoms with van der Waals surface area (Å²) in [5, 5.41) is 0. The van der Waals surface area contributed by atoms with Gasteiger partial charge in [-0.2, -0.15) is 0 Å². The fraction of sp³-hybridized carbons (Fsp3) is 0. The third-order valence-electron chi connectivity index (χ3n) is 2.81. The Bertz CT molecular complexity index is 575. The van der Waals surface area contributed by atoms with Crippen molar-refractivity contribution in [3.8, 4) is 22.3 Å². The van der Waals surface area contributed by atoms with Gasteiger partial charge in [-0.15, -0.1) is 0 Å². The second-order valence-corrected chi connectivity index (χ2v) is 3.96. The average molecular weight is 231 g/mol. The average Bonchev–Trinajstić information content (AvgIpc) is 2.49. The van der Waals surface area contributed by atoms with Crippen LogP contribution in [0.3, 0.4) is 0 Å². The van der Waals surface area contributed by atoms with Crippen LogP contribution in [0.5, 0.6) is 0 Å². The molecule has 0 unspecified atom stereocenters. The Hall–Kier alpha value is -2.48. The quantitative estimate of drug-likeness (QED) is 0.673. The Morgan fingerprint density at radius 1 is 0.778 bits per heavy atom. The third-order valence-corrected chi connectivity index (χ3v) is 2.81. The van der Waals surface area contributed by atoms with Crippen LogP contribution >= 0.6 is 0 Å². The Morgan fingerprint density at radius 3 is 2.06 bits per heavy atom. The molecule has 0 N–H and O–H groups in total. The summed E-state index contributed by atoms with van der Waals surface area (Å²) in [6.07, 6.45) is 7.29. The zero-order chi connectivity index (χ0) is 12.2. The van der Waals surface area contributed by atoms with Crippen LogP contribution in [0.15, 0.2) is 67.3 Å². The molecule has 0 atom stereocenters. The zero-order valence-corrected chi connectivity index (χ0v) is 9.75. The highest BCUT2D eigenvalue weighted by Crippen LogP contribution is 2.30. The maximum absolute atomic E-state index is 4.17. The number of nitrogens with zero attached hydrogens (tertiary/aromatic N) is 2. The van der Waals surface area contributed by atoms with Crippen LogP contribution in [0.4, 0.5) is 0 Å². The van der Waals surface area contributed by atoms with Gasteiger partial charge in [0.25, 0.3) is 0 Å². The van der Waals surface area contributed by atoms with E-state index in [0.29, 0.717) is 0 Å². The molecule has 3 aromatic rings. The van der Waals surface area contributed by atoms with E-state index >= 15 is 0 Å². The smallest absolute Gasteiger partial charge is 0.0346 e. The van der Waals surface area contributed by atoms with E-state index in [0.717, 1.165) is 22.3 Å². The maximum atomic E-state index is 4.17. The zero-order valence-electron chi connectivity index (χ0n) is 9.75. The molecule has 2 heteroatoms. The van der Waals surface area contributed by atoms with Gasteiger partial charge in [0.05, 0.1) is 0 Å². The minimum atomic E-state index is 1.09. The lowest BCUT2D eigenvalue weighted by Crippen LogP contribution is -1.86. The van der Waals surface area contributed by atoms with E-state index in [9.17, 15) is 0 Å². The lowest BCUT2D eigenvalue weighted by molar-refractivity contribution is 1.32. The topological polar surface area (TPSA) is 25.8 Å². The molecule has 0 saturated heterocycles. The maximum Gasteiger partial charge on any atom is 0.0346 e. The number of aromatic nitrogens is 2. The van der Waals surface area contributed by atoms with Gasteiger partial charge in [0.15, 0.2) is 0 Å². The summed E-state index contributed by atoms with van der Waals surface area (Å²) >= 11 is 0. The Morgan fingerprint density at radius 2 is 1.44 bits per heavy atom. The summed E-state index contributed by atoms with van der Waals surface area (Å²) in [7, 11) is 0. The van der Waals surface area contributed by atoms with E-state index in [2.05, 4.69) is 34.2 Å². The summed E-state index contributed by atoms with van der Waals surface area (Å²) < 4.78 is 0. The van der Waals surface area contributed by atoms with Crippen molar-refractivity contribution < 1.29 is 0 Å². The molecule has 1 radical (unpaired) electrons. The Balaban J connectivity index is 2.18. The molecule has 2 heterocycles. The van der Waals surface area contributed by atoms with Crippen molar-refractivity contribution in [2.24, 2.45) is 0 Å². The third kappa shape index (κ3) is 2.00. The predicted octanol–water partition coefficient (Wildman–Crippen LogP) is 3.61. The molecule has 0 aliphatic rings. The number of hydrogen-bond donors (Lipinski definition) is 0. The highest BCUT2D eigenvalue weighted by atomic mass is 14.6. The van der Waals surface area contributed by atoms with Gasteiger partial charge in [-0.3, -0.25) is 9.97 Å². The molecule has 0 amide bonds. The summed E-state index contributed by atoms with van der Waals surface area (Å²) in [6, 6.07) is 17.1. The first kappa shape index (κ1) is 10.7.